The smallest absolute Gasteiger partial charge is 0.342 e. The Labute approximate surface area is 145 Å². The molecule has 0 unspecified atom stereocenters. The molecule has 0 aliphatic rings. The van der Waals surface area contributed by atoms with Gasteiger partial charge in [-0.1, -0.05) is 11.6 Å². The van der Waals surface area contributed by atoms with Gasteiger partial charge < -0.3 is 20.3 Å². The number of nitro groups is 1. The molecule has 2 aromatic carbocycles. The van der Waals surface area contributed by atoms with Crippen molar-refractivity contribution in [1.82, 2.24) is 0 Å². The number of benzene rings is 2. The van der Waals surface area contributed by atoms with Crippen molar-refractivity contribution in [3.05, 3.63) is 57.1 Å². The number of rotatable bonds is 5. The van der Waals surface area contributed by atoms with E-state index in [-0.39, 0.29) is 27.7 Å². The zero-order chi connectivity index (χ0) is 18.6. The van der Waals surface area contributed by atoms with Crippen LogP contribution in [-0.4, -0.2) is 33.6 Å². The predicted octanol–water partition coefficient (Wildman–Crippen LogP) is 2.45. The van der Waals surface area contributed by atoms with Crippen LogP contribution in [0.5, 0.6) is 11.5 Å². The average Bonchev–Trinajstić information content (AvgIpc) is 2.54. The van der Waals surface area contributed by atoms with E-state index in [9.17, 15) is 24.8 Å². The maximum atomic E-state index is 11.8. The number of nitrogens with one attached hydrogen (secondary N) is 1. The van der Waals surface area contributed by atoms with Crippen LogP contribution in [0.1, 0.15) is 10.4 Å². The molecule has 130 valence electrons. The van der Waals surface area contributed by atoms with Gasteiger partial charge in [0.2, 0.25) is 0 Å². The first-order valence-corrected chi connectivity index (χ1v) is 7.08. The molecule has 3 N–H and O–H groups in total. The summed E-state index contributed by atoms with van der Waals surface area (Å²) in [5.74, 6) is -2.46. The first-order valence-electron chi connectivity index (χ1n) is 6.71. The fourth-order valence-electron chi connectivity index (χ4n) is 1.83. The van der Waals surface area contributed by atoms with E-state index >= 15 is 0 Å². The number of anilines is 1. The Morgan fingerprint density at radius 3 is 2.56 bits per heavy atom. The summed E-state index contributed by atoms with van der Waals surface area (Å²) < 4.78 is 4.73. The van der Waals surface area contributed by atoms with E-state index in [0.29, 0.717) is 0 Å². The molecular weight excluding hydrogens is 356 g/mol. The average molecular weight is 367 g/mol. The summed E-state index contributed by atoms with van der Waals surface area (Å²) in [6, 6.07) is 6.91. The lowest BCUT2D eigenvalue weighted by atomic mass is 10.2. The Hall–Kier alpha value is -3.33. The van der Waals surface area contributed by atoms with Gasteiger partial charge in [0.25, 0.3) is 11.6 Å². The van der Waals surface area contributed by atoms with Gasteiger partial charge in [-0.05, 0) is 24.3 Å². The van der Waals surface area contributed by atoms with Gasteiger partial charge in [-0.2, -0.15) is 0 Å². The van der Waals surface area contributed by atoms with E-state index in [0.717, 1.165) is 18.2 Å². The second-order valence-corrected chi connectivity index (χ2v) is 5.16. The summed E-state index contributed by atoms with van der Waals surface area (Å²) >= 11 is 5.66. The Morgan fingerprint density at radius 2 is 1.92 bits per heavy atom. The summed E-state index contributed by atoms with van der Waals surface area (Å²) in [5.41, 5.74) is -0.511. The van der Waals surface area contributed by atoms with Gasteiger partial charge in [-0.15, -0.1) is 0 Å². The van der Waals surface area contributed by atoms with Crippen molar-refractivity contribution >= 4 is 34.9 Å². The largest absolute Gasteiger partial charge is 0.508 e. The number of esters is 1. The molecule has 1 amide bonds. The lowest BCUT2D eigenvalue weighted by Crippen LogP contribution is -2.21. The quantitative estimate of drug-likeness (QED) is 0.419. The Balaban J connectivity index is 1.98. The molecule has 0 heterocycles. The molecule has 0 bridgehead atoms. The van der Waals surface area contributed by atoms with Crippen LogP contribution >= 0.6 is 11.6 Å². The van der Waals surface area contributed by atoms with Crippen molar-refractivity contribution in [1.29, 1.82) is 0 Å². The van der Waals surface area contributed by atoms with Crippen LogP contribution in [0, 0.1) is 10.1 Å². The van der Waals surface area contributed by atoms with Crippen LogP contribution < -0.4 is 5.32 Å². The van der Waals surface area contributed by atoms with Gasteiger partial charge in [-0.25, -0.2) is 4.79 Å². The molecule has 0 saturated carbocycles. The summed E-state index contributed by atoms with van der Waals surface area (Å²) in [6.45, 7) is -0.685. The van der Waals surface area contributed by atoms with E-state index in [4.69, 9.17) is 21.4 Å². The van der Waals surface area contributed by atoms with Crippen molar-refractivity contribution < 1.29 is 29.5 Å². The lowest BCUT2D eigenvalue weighted by Gasteiger charge is -2.08. The van der Waals surface area contributed by atoms with E-state index in [1.54, 1.807) is 0 Å². The number of phenolic OH excluding ortho intramolecular Hbond substituents is 2. The molecule has 0 aromatic heterocycles. The van der Waals surface area contributed by atoms with E-state index in [2.05, 4.69) is 5.32 Å². The minimum absolute atomic E-state index is 0.0859. The first kappa shape index (κ1) is 18.0. The number of halogens is 1. The molecule has 0 aliphatic heterocycles. The fourth-order valence-corrected chi connectivity index (χ4v) is 2.02. The van der Waals surface area contributed by atoms with Crippen molar-refractivity contribution in [3.8, 4) is 11.5 Å². The van der Waals surface area contributed by atoms with Gasteiger partial charge in [0, 0.05) is 17.8 Å². The number of amides is 1. The standard InChI is InChI=1S/C15H11ClN2O7/c16-11-4-1-8(5-12(11)18(23)24)17-14(21)7-25-15(22)10-3-2-9(19)6-13(10)20/h1-6,19-20H,7H2,(H,17,21). The SMILES string of the molecule is O=C(COC(=O)c1ccc(O)cc1O)Nc1ccc(Cl)c([N+](=O)[O-])c1. The van der Waals surface area contributed by atoms with Crippen molar-refractivity contribution in [3.63, 3.8) is 0 Å². The zero-order valence-electron chi connectivity index (χ0n) is 12.4. The number of carbonyl (C=O) groups excluding carboxylic acids is 2. The van der Waals surface area contributed by atoms with Crippen LogP contribution in [0.4, 0.5) is 11.4 Å². The van der Waals surface area contributed by atoms with Gasteiger partial charge in [-0.3, -0.25) is 14.9 Å². The highest BCUT2D eigenvalue weighted by Crippen LogP contribution is 2.27. The molecule has 0 atom stereocenters. The molecule has 2 rings (SSSR count). The molecule has 0 fully saturated rings. The highest BCUT2D eigenvalue weighted by Gasteiger charge is 2.17. The monoisotopic (exact) mass is 366 g/mol. The summed E-state index contributed by atoms with van der Waals surface area (Å²) in [6.07, 6.45) is 0. The maximum Gasteiger partial charge on any atom is 0.342 e. The highest BCUT2D eigenvalue weighted by molar-refractivity contribution is 6.32. The molecule has 0 spiro atoms. The topological polar surface area (TPSA) is 139 Å². The van der Waals surface area contributed by atoms with E-state index in [1.807, 2.05) is 0 Å². The van der Waals surface area contributed by atoms with Crippen LogP contribution in [0.3, 0.4) is 0 Å². The fraction of sp³-hybridized carbons (Fsp3) is 0.0667. The normalized spacial score (nSPS) is 10.1. The first-order chi connectivity index (χ1) is 11.8. The molecule has 0 aliphatic carbocycles. The molecule has 25 heavy (non-hydrogen) atoms. The second kappa shape index (κ2) is 7.49. The number of carbonyl (C=O) groups is 2. The number of hydrogen-bond donors (Lipinski definition) is 3. The Bertz CT molecular complexity index is 854. The van der Waals surface area contributed by atoms with E-state index in [1.165, 1.54) is 18.2 Å². The van der Waals surface area contributed by atoms with Crippen LogP contribution in [0.15, 0.2) is 36.4 Å². The van der Waals surface area contributed by atoms with Crippen molar-refractivity contribution in [2.75, 3.05) is 11.9 Å². The number of hydrogen-bond acceptors (Lipinski definition) is 7. The third kappa shape index (κ3) is 4.58. The van der Waals surface area contributed by atoms with Crippen molar-refractivity contribution in [2.24, 2.45) is 0 Å². The van der Waals surface area contributed by atoms with Gasteiger partial charge in [0.15, 0.2) is 6.61 Å². The number of phenols is 2. The molecule has 0 saturated heterocycles. The number of nitrogens with zero attached hydrogens (tertiary/aromatic N) is 1. The number of ether oxygens (including phenoxy) is 1. The van der Waals surface area contributed by atoms with E-state index < -0.39 is 29.2 Å². The van der Waals surface area contributed by atoms with Crippen LogP contribution in [0.25, 0.3) is 0 Å². The number of nitro benzene ring substituents is 1. The van der Waals surface area contributed by atoms with Gasteiger partial charge in [0.1, 0.15) is 22.1 Å². The lowest BCUT2D eigenvalue weighted by molar-refractivity contribution is -0.384. The summed E-state index contributed by atoms with van der Waals surface area (Å²) in [4.78, 5) is 33.6. The minimum Gasteiger partial charge on any atom is -0.508 e. The van der Waals surface area contributed by atoms with Gasteiger partial charge >= 0.3 is 5.97 Å². The molecule has 9 nitrogen and oxygen atoms in total. The highest BCUT2D eigenvalue weighted by atomic mass is 35.5. The zero-order valence-corrected chi connectivity index (χ0v) is 13.2. The number of aromatic hydroxyl groups is 2. The van der Waals surface area contributed by atoms with Crippen LogP contribution in [0.2, 0.25) is 5.02 Å². The Kier molecular flexibility index (Phi) is 5.40. The Morgan fingerprint density at radius 1 is 1.20 bits per heavy atom. The molecule has 2 aromatic rings. The third-order valence-corrected chi connectivity index (χ3v) is 3.28. The summed E-state index contributed by atoms with van der Waals surface area (Å²) in [5, 5.41) is 31.7. The third-order valence-electron chi connectivity index (χ3n) is 2.96. The van der Waals surface area contributed by atoms with Gasteiger partial charge in [0.05, 0.1) is 4.92 Å². The molecule has 0 radical (unpaired) electrons. The van der Waals surface area contributed by atoms with Crippen molar-refractivity contribution in [2.45, 2.75) is 0 Å². The minimum atomic E-state index is -0.977. The maximum absolute atomic E-state index is 11.8. The molecular formula is C15H11ClN2O7. The molecule has 10 heteroatoms. The second-order valence-electron chi connectivity index (χ2n) is 4.75. The van der Waals surface area contributed by atoms with Crippen LogP contribution in [-0.2, 0) is 9.53 Å². The summed E-state index contributed by atoms with van der Waals surface area (Å²) in [7, 11) is 0. The predicted molar refractivity (Wildman–Crippen MR) is 86.8 cm³/mol.